The Kier molecular flexibility index (Phi) is 5.11. The van der Waals surface area contributed by atoms with Crippen LogP contribution in [-0.2, 0) is 17.5 Å². The van der Waals surface area contributed by atoms with Crippen molar-refractivity contribution >= 4 is 29.0 Å². The van der Waals surface area contributed by atoms with E-state index in [0.717, 1.165) is 15.4 Å². The van der Waals surface area contributed by atoms with E-state index in [2.05, 4.69) is 15.5 Å². The van der Waals surface area contributed by atoms with Gasteiger partial charge < -0.3 is 4.98 Å². The summed E-state index contributed by atoms with van der Waals surface area (Å²) >= 11 is 5.12. The fraction of sp³-hybridized carbons (Fsp3) is 0.294. The van der Waals surface area contributed by atoms with E-state index in [1.807, 2.05) is 0 Å². The van der Waals surface area contributed by atoms with E-state index in [4.69, 9.17) is 12.2 Å². The summed E-state index contributed by atoms with van der Waals surface area (Å²) in [5, 5.41) is 3.84. The number of aromatic nitrogens is 4. The van der Waals surface area contributed by atoms with E-state index in [-0.39, 0.29) is 17.0 Å². The molecule has 0 saturated heterocycles. The second-order valence-corrected chi connectivity index (χ2v) is 6.73. The van der Waals surface area contributed by atoms with E-state index in [0.29, 0.717) is 10.9 Å². The molecule has 2 aromatic heterocycles. The Hall–Kier alpha value is -2.95. The maximum absolute atomic E-state index is 12.8. The van der Waals surface area contributed by atoms with Gasteiger partial charge in [0.05, 0.1) is 23.4 Å². The van der Waals surface area contributed by atoms with Crippen LogP contribution in [0.1, 0.15) is 18.3 Å². The Morgan fingerprint density at radius 3 is 2.68 bits per heavy atom. The predicted octanol–water partition coefficient (Wildman–Crippen LogP) is 2.99. The van der Waals surface area contributed by atoms with Gasteiger partial charge in [-0.15, -0.1) is 0 Å². The molecule has 1 atom stereocenters. The first-order chi connectivity index (χ1) is 13.1. The zero-order chi connectivity index (χ0) is 20.6. The predicted molar refractivity (Wildman–Crippen MR) is 98.9 cm³/mol. The van der Waals surface area contributed by atoms with Gasteiger partial charge in [0.1, 0.15) is 0 Å². The standard InChI is InChI=1S/C17H16F3N5O2S/c1-9(8-24-10(2)7-13(22-24)17(18,19)20)14(26)23-25-15(27)11-5-3-4-6-12(11)21-16(25)28/h3-7,9H,8H2,1-2H3,(H,21,28)(H,23,26). The fourth-order valence-electron chi connectivity index (χ4n) is 2.66. The number of carbonyl (C=O) groups is 1. The second-order valence-electron chi connectivity index (χ2n) is 6.34. The number of hydrogen-bond acceptors (Lipinski definition) is 4. The van der Waals surface area contributed by atoms with Gasteiger partial charge in [0.25, 0.3) is 5.56 Å². The average Bonchev–Trinajstić information content (AvgIpc) is 2.99. The van der Waals surface area contributed by atoms with Gasteiger partial charge in [0.2, 0.25) is 5.91 Å². The summed E-state index contributed by atoms with van der Waals surface area (Å²) in [5.41, 5.74) is 1.69. The number of alkyl halides is 3. The minimum atomic E-state index is -4.56. The highest BCUT2D eigenvalue weighted by Gasteiger charge is 2.34. The number of aromatic amines is 1. The zero-order valence-electron chi connectivity index (χ0n) is 14.9. The molecular formula is C17H16F3N5O2S. The van der Waals surface area contributed by atoms with Crippen molar-refractivity contribution in [2.75, 3.05) is 5.43 Å². The smallest absolute Gasteiger partial charge is 0.330 e. The van der Waals surface area contributed by atoms with Crippen LogP contribution in [0, 0.1) is 17.6 Å². The average molecular weight is 411 g/mol. The van der Waals surface area contributed by atoms with Crippen molar-refractivity contribution in [1.82, 2.24) is 19.4 Å². The van der Waals surface area contributed by atoms with Crippen LogP contribution in [0.25, 0.3) is 10.9 Å². The van der Waals surface area contributed by atoms with Crippen LogP contribution in [0.4, 0.5) is 13.2 Å². The summed E-state index contributed by atoms with van der Waals surface area (Å²) in [6.45, 7) is 2.89. The summed E-state index contributed by atoms with van der Waals surface area (Å²) in [4.78, 5) is 27.9. The van der Waals surface area contributed by atoms with Crippen molar-refractivity contribution < 1.29 is 18.0 Å². The van der Waals surface area contributed by atoms with Gasteiger partial charge >= 0.3 is 6.18 Å². The highest BCUT2D eigenvalue weighted by atomic mass is 32.1. The third kappa shape index (κ3) is 3.84. The third-order valence-corrected chi connectivity index (χ3v) is 4.48. The van der Waals surface area contributed by atoms with Crippen molar-refractivity contribution in [3.05, 3.63) is 56.8 Å². The fourth-order valence-corrected chi connectivity index (χ4v) is 2.90. The largest absolute Gasteiger partial charge is 0.435 e. The van der Waals surface area contributed by atoms with Crippen LogP contribution in [-0.4, -0.2) is 25.3 Å². The lowest BCUT2D eigenvalue weighted by atomic mass is 10.1. The van der Waals surface area contributed by atoms with Crippen molar-refractivity contribution in [3.8, 4) is 0 Å². The topological polar surface area (TPSA) is 84.7 Å². The van der Waals surface area contributed by atoms with Gasteiger partial charge in [-0.3, -0.25) is 19.7 Å². The van der Waals surface area contributed by atoms with Gasteiger partial charge in [-0.1, -0.05) is 19.1 Å². The van der Waals surface area contributed by atoms with Crippen molar-refractivity contribution in [2.24, 2.45) is 5.92 Å². The van der Waals surface area contributed by atoms with Gasteiger partial charge in [-0.05, 0) is 37.3 Å². The van der Waals surface area contributed by atoms with E-state index in [1.165, 1.54) is 13.8 Å². The number of aryl methyl sites for hydroxylation is 1. The van der Waals surface area contributed by atoms with Gasteiger partial charge in [-0.2, -0.15) is 22.9 Å². The number of para-hydroxylation sites is 1. The quantitative estimate of drug-likeness (QED) is 0.647. The molecule has 0 saturated carbocycles. The molecule has 7 nitrogen and oxygen atoms in total. The Labute approximate surface area is 161 Å². The molecule has 1 unspecified atom stereocenters. The molecule has 0 fully saturated rings. The third-order valence-electron chi connectivity index (χ3n) is 4.19. The maximum atomic E-state index is 12.8. The van der Waals surface area contributed by atoms with Crippen LogP contribution in [0.5, 0.6) is 0 Å². The number of fused-ring (bicyclic) bond motifs is 1. The summed E-state index contributed by atoms with van der Waals surface area (Å²) in [6, 6.07) is 7.59. The molecule has 148 valence electrons. The Bertz CT molecular complexity index is 1160. The number of benzene rings is 1. The van der Waals surface area contributed by atoms with Crippen LogP contribution in [0.15, 0.2) is 35.1 Å². The van der Waals surface area contributed by atoms with Crippen molar-refractivity contribution in [2.45, 2.75) is 26.6 Å². The van der Waals surface area contributed by atoms with Crippen LogP contribution in [0.2, 0.25) is 0 Å². The minimum Gasteiger partial charge on any atom is -0.330 e. The first kappa shape index (κ1) is 19.8. The van der Waals surface area contributed by atoms with E-state index in [9.17, 15) is 22.8 Å². The van der Waals surface area contributed by atoms with E-state index < -0.39 is 29.3 Å². The van der Waals surface area contributed by atoms with Crippen LogP contribution >= 0.6 is 12.2 Å². The molecule has 0 radical (unpaired) electrons. The zero-order valence-corrected chi connectivity index (χ0v) is 15.7. The number of carbonyl (C=O) groups excluding carboxylic acids is 1. The normalized spacial score (nSPS) is 12.9. The number of nitrogens with zero attached hydrogens (tertiary/aromatic N) is 3. The number of halogens is 3. The lowest BCUT2D eigenvalue weighted by molar-refractivity contribution is -0.141. The first-order valence-corrected chi connectivity index (χ1v) is 8.65. The van der Waals surface area contributed by atoms with E-state index in [1.54, 1.807) is 24.3 Å². The van der Waals surface area contributed by atoms with Gasteiger partial charge in [-0.25, -0.2) is 0 Å². The Morgan fingerprint density at radius 1 is 1.36 bits per heavy atom. The molecule has 0 aliphatic heterocycles. The molecule has 2 N–H and O–H groups in total. The highest BCUT2D eigenvalue weighted by molar-refractivity contribution is 7.71. The van der Waals surface area contributed by atoms with Gasteiger partial charge in [0.15, 0.2) is 10.5 Å². The number of hydrogen-bond donors (Lipinski definition) is 2. The number of H-pyrrole nitrogens is 1. The van der Waals surface area contributed by atoms with Crippen molar-refractivity contribution in [3.63, 3.8) is 0 Å². The minimum absolute atomic E-state index is 0.00104. The summed E-state index contributed by atoms with van der Waals surface area (Å²) in [7, 11) is 0. The maximum Gasteiger partial charge on any atom is 0.435 e. The molecule has 0 aliphatic rings. The second kappa shape index (κ2) is 7.23. The highest BCUT2D eigenvalue weighted by Crippen LogP contribution is 2.28. The number of nitrogens with one attached hydrogen (secondary N) is 2. The first-order valence-electron chi connectivity index (χ1n) is 8.24. The molecule has 3 rings (SSSR count). The van der Waals surface area contributed by atoms with Crippen LogP contribution in [0.3, 0.4) is 0 Å². The SMILES string of the molecule is Cc1cc(C(F)(F)F)nn1CC(C)C(=O)Nn1c(=S)[nH]c2ccccc2c1=O. The molecule has 0 spiro atoms. The Morgan fingerprint density at radius 2 is 2.04 bits per heavy atom. The molecule has 1 aromatic carbocycles. The molecule has 1 amide bonds. The lowest BCUT2D eigenvalue weighted by Crippen LogP contribution is -2.38. The lowest BCUT2D eigenvalue weighted by Gasteiger charge is -2.15. The molecule has 0 bridgehead atoms. The number of amides is 1. The van der Waals surface area contributed by atoms with Gasteiger partial charge in [0, 0.05) is 5.69 Å². The summed E-state index contributed by atoms with van der Waals surface area (Å²) in [6.07, 6.45) is -4.56. The number of rotatable bonds is 4. The summed E-state index contributed by atoms with van der Waals surface area (Å²) in [5.74, 6) is -1.35. The summed E-state index contributed by atoms with van der Waals surface area (Å²) < 4.78 is 40.3. The van der Waals surface area contributed by atoms with Crippen molar-refractivity contribution in [1.29, 1.82) is 0 Å². The van der Waals surface area contributed by atoms with Crippen LogP contribution < -0.4 is 11.0 Å². The van der Waals surface area contributed by atoms with E-state index >= 15 is 0 Å². The molecule has 2 heterocycles. The molecule has 0 aliphatic carbocycles. The molecule has 3 aromatic rings. The molecule has 11 heteroatoms. The molecular weight excluding hydrogens is 395 g/mol. The monoisotopic (exact) mass is 411 g/mol. The molecule has 28 heavy (non-hydrogen) atoms. The Balaban J connectivity index is 1.82.